The quantitative estimate of drug-likeness (QED) is 0.352. The highest BCUT2D eigenvalue weighted by atomic mass is 127. The number of halogens is 3. The monoisotopic (exact) mass is 675 g/mol. The van der Waals surface area contributed by atoms with Gasteiger partial charge in [-0.2, -0.15) is 0 Å². The van der Waals surface area contributed by atoms with Crippen molar-refractivity contribution in [3.63, 3.8) is 0 Å². The lowest BCUT2D eigenvalue weighted by molar-refractivity contribution is -0.136. The van der Waals surface area contributed by atoms with Gasteiger partial charge in [0.05, 0.1) is 20.2 Å². The highest BCUT2D eigenvalue weighted by Gasteiger charge is 2.41. The van der Waals surface area contributed by atoms with Crippen molar-refractivity contribution in [3.8, 4) is 5.75 Å². The number of Topliss-reactive ketones (excluding diaryl/α,β-unsaturated/α-hetero) is 1. The summed E-state index contributed by atoms with van der Waals surface area (Å²) in [7, 11) is 1.27. The lowest BCUT2D eigenvalue weighted by Gasteiger charge is -2.32. The molecule has 1 aliphatic carbocycles. The van der Waals surface area contributed by atoms with Crippen LogP contribution in [0.4, 0.5) is 4.39 Å². The van der Waals surface area contributed by atoms with Crippen LogP contribution >= 0.6 is 45.2 Å². The lowest BCUT2D eigenvalue weighted by Crippen LogP contribution is -2.31. The second kappa shape index (κ2) is 10.00. The van der Waals surface area contributed by atoms with Crippen LogP contribution < -0.4 is 10.5 Å². The Hall–Kier alpha value is -2.15. The van der Waals surface area contributed by atoms with Crippen LogP contribution in [-0.2, 0) is 25.7 Å². The molecule has 2 aliphatic rings. The summed E-state index contributed by atoms with van der Waals surface area (Å²) in [5, 5.41) is 0. The molecule has 0 aromatic heterocycles. The van der Waals surface area contributed by atoms with Gasteiger partial charge in [-0.25, -0.2) is 9.18 Å². The van der Waals surface area contributed by atoms with Gasteiger partial charge in [-0.1, -0.05) is 12.1 Å². The third-order valence-corrected chi connectivity index (χ3v) is 7.14. The molecule has 2 aromatic rings. The fraction of sp³-hybridized carbons (Fsp3) is 0.250. The minimum Gasteiger partial charge on any atom is -0.487 e. The molecule has 0 unspecified atom stereocenters. The van der Waals surface area contributed by atoms with E-state index >= 15 is 0 Å². The van der Waals surface area contributed by atoms with Crippen LogP contribution in [-0.4, -0.2) is 18.9 Å². The molecule has 0 amide bonds. The topological polar surface area (TPSA) is 87.9 Å². The molecule has 1 aliphatic heterocycles. The summed E-state index contributed by atoms with van der Waals surface area (Å²) in [5.74, 6) is -0.534. The van der Waals surface area contributed by atoms with E-state index in [2.05, 4.69) is 45.2 Å². The van der Waals surface area contributed by atoms with E-state index in [9.17, 15) is 14.0 Å². The number of allylic oxidation sites excluding steroid dienone is 2. The maximum atomic E-state index is 13.2. The number of methoxy groups -OCH3 is 1. The van der Waals surface area contributed by atoms with Gasteiger partial charge in [0.15, 0.2) is 5.78 Å². The van der Waals surface area contributed by atoms with E-state index in [1.165, 1.54) is 19.2 Å². The molecule has 9 heteroatoms. The zero-order valence-electron chi connectivity index (χ0n) is 17.6. The number of hydrogen-bond acceptors (Lipinski definition) is 6. The summed E-state index contributed by atoms with van der Waals surface area (Å²) in [5.41, 5.74) is 8.27. The van der Waals surface area contributed by atoms with Gasteiger partial charge in [-0.15, -0.1) is 0 Å². The van der Waals surface area contributed by atoms with E-state index in [-0.39, 0.29) is 29.7 Å². The number of benzene rings is 2. The van der Waals surface area contributed by atoms with Gasteiger partial charge in [-0.05, 0) is 87.0 Å². The molecule has 2 N–H and O–H groups in total. The third kappa shape index (κ3) is 4.88. The van der Waals surface area contributed by atoms with Gasteiger partial charge >= 0.3 is 5.97 Å². The number of ether oxygens (including phenoxy) is 3. The van der Waals surface area contributed by atoms with Crippen molar-refractivity contribution in [1.82, 2.24) is 0 Å². The minimum absolute atomic E-state index is 0.0399. The Labute approximate surface area is 217 Å². The number of ketones is 1. The number of nitrogens with two attached hydrogens (primary N) is 1. The zero-order chi connectivity index (χ0) is 23.7. The Kier molecular flexibility index (Phi) is 7.27. The maximum absolute atomic E-state index is 13.2. The number of esters is 1. The van der Waals surface area contributed by atoms with E-state index < -0.39 is 11.9 Å². The van der Waals surface area contributed by atoms with Gasteiger partial charge < -0.3 is 19.9 Å². The molecular weight excluding hydrogens is 655 g/mol. The molecule has 6 nitrogen and oxygen atoms in total. The number of carbonyl (C=O) groups is 2. The van der Waals surface area contributed by atoms with Crippen molar-refractivity contribution in [1.29, 1.82) is 0 Å². The number of hydrogen-bond donors (Lipinski definition) is 1. The zero-order valence-corrected chi connectivity index (χ0v) is 21.9. The molecule has 2 aromatic carbocycles. The Balaban J connectivity index is 1.73. The van der Waals surface area contributed by atoms with Crippen LogP contribution in [0.3, 0.4) is 0 Å². The first kappa shape index (κ1) is 24.0. The van der Waals surface area contributed by atoms with Gasteiger partial charge in [0.25, 0.3) is 0 Å². The van der Waals surface area contributed by atoms with Crippen LogP contribution in [0.25, 0.3) is 0 Å². The Morgan fingerprint density at radius 2 is 1.85 bits per heavy atom. The molecule has 4 rings (SSSR count). The fourth-order valence-corrected chi connectivity index (χ4v) is 6.15. The summed E-state index contributed by atoms with van der Waals surface area (Å²) in [6, 6.07) is 9.87. The second-order valence-electron chi connectivity index (χ2n) is 7.65. The molecule has 0 fully saturated rings. The molecular formula is C24H20FI2NO5. The van der Waals surface area contributed by atoms with Gasteiger partial charge in [-0.3, -0.25) is 4.79 Å². The van der Waals surface area contributed by atoms with E-state index in [0.717, 1.165) is 18.3 Å². The van der Waals surface area contributed by atoms with Gasteiger partial charge in [0, 0.05) is 18.4 Å². The predicted octanol–water partition coefficient (Wildman–Crippen LogP) is 5.08. The smallest absolute Gasteiger partial charge is 0.340 e. The van der Waals surface area contributed by atoms with E-state index in [1.54, 1.807) is 12.1 Å². The summed E-state index contributed by atoms with van der Waals surface area (Å²) >= 11 is 4.32. The predicted molar refractivity (Wildman–Crippen MR) is 136 cm³/mol. The molecule has 172 valence electrons. The molecule has 0 radical (unpaired) electrons. The molecule has 0 bridgehead atoms. The van der Waals surface area contributed by atoms with Crippen molar-refractivity contribution in [2.24, 2.45) is 5.73 Å². The van der Waals surface area contributed by atoms with Gasteiger partial charge in [0.2, 0.25) is 5.88 Å². The summed E-state index contributed by atoms with van der Waals surface area (Å²) in [6.07, 6.45) is 1.65. The second-order valence-corrected chi connectivity index (χ2v) is 9.97. The highest BCUT2D eigenvalue weighted by Crippen LogP contribution is 2.45. The van der Waals surface area contributed by atoms with Crippen molar-refractivity contribution in [2.75, 3.05) is 7.11 Å². The first-order chi connectivity index (χ1) is 15.8. The van der Waals surface area contributed by atoms with Crippen LogP contribution in [0, 0.1) is 13.0 Å². The van der Waals surface area contributed by atoms with Crippen molar-refractivity contribution in [3.05, 3.63) is 83.3 Å². The van der Waals surface area contributed by atoms with Crippen molar-refractivity contribution < 1.29 is 28.2 Å². The maximum Gasteiger partial charge on any atom is 0.340 e. The normalized spacial score (nSPS) is 18.1. The standard InChI is InChI=1S/C24H20FI2NO5/c1-31-24(30)21-19(20-17(29)3-2-4-18(20)33-23(21)28)13-9-15(26)22(16(27)10-13)32-11-12-5-7-14(25)8-6-12/h5-10,19H,2-4,11,28H2,1H3/t19-/m1/s1. The molecule has 0 saturated heterocycles. The first-order valence-corrected chi connectivity index (χ1v) is 12.3. The molecule has 0 saturated carbocycles. The SMILES string of the molecule is COC(=O)C1=C(N)OC2=C(C(=O)CCC2)[C@H]1c1cc(I)c(OCc2ccc(F)cc2)c(I)c1. The Morgan fingerprint density at radius 3 is 2.48 bits per heavy atom. The van der Waals surface area contributed by atoms with Crippen molar-refractivity contribution in [2.45, 2.75) is 31.8 Å². The van der Waals surface area contributed by atoms with Crippen molar-refractivity contribution >= 4 is 56.9 Å². The largest absolute Gasteiger partial charge is 0.487 e. The average molecular weight is 675 g/mol. The first-order valence-electron chi connectivity index (χ1n) is 10.2. The van der Waals surface area contributed by atoms with E-state index in [0.29, 0.717) is 36.3 Å². The number of rotatable bonds is 5. The molecule has 1 heterocycles. The number of carbonyl (C=O) groups excluding carboxylic acids is 2. The molecule has 1 atom stereocenters. The van der Waals surface area contributed by atoms with Crippen LogP contribution in [0.2, 0.25) is 0 Å². The van der Waals surface area contributed by atoms with E-state index in [4.69, 9.17) is 19.9 Å². The third-order valence-electron chi connectivity index (χ3n) is 5.54. The molecule has 0 spiro atoms. The summed E-state index contributed by atoms with van der Waals surface area (Å²) < 4.78 is 31.4. The highest BCUT2D eigenvalue weighted by molar-refractivity contribution is 14.1. The Morgan fingerprint density at radius 1 is 1.18 bits per heavy atom. The summed E-state index contributed by atoms with van der Waals surface area (Å²) in [6.45, 7) is 0.275. The van der Waals surface area contributed by atoms with Gasteiger partial charge in [0.1, 0.15) is 29.5 Å². The average Bonchev–Trinajstić information content (AvgIpc) is 2.78. The van der Waals surface area contributed by atoms with E-state index in [1.807, 2.05) is 12.1 Å². The lowest BCUT2D eigenvalue weighted by atomic mass is 9.77. The minimum atomic E-state index is -0.679. The molecule has 33 heavy (non-hydrogen) atoms. The summed E-state index contributed by atoms with van der Waals surface area (Å²) in [4.78, 5) is 25.5. The fourth-order valence-electron chi connectivity index (χ4n) is 4.02. The van der Waals surface area contributed by atoms with Crippen LogP contribution in [0.5, 0.6) is 5.75 Å². The van der Waals surface area contributed by atoms with Crippen LogP contribution in [0.1, 0.15) is 36.3 Å². The Bertz CT molecular complexity index is 1170. The van der Waals surface area contributed by atoms with Crippen LogP contribution in [0.15, 0.2) is 59.2 Å².